The third-order valence-corrected chi connectivity index (χ3v) is 5.48. The molecule has 0 radical (unpaired) electrons. The molecule has 1 nitrogen and oxygen atoms in total. The summed E-state index contributed by atoms with van der Waals surface area (Å²) in [6.07, 6.45) is 15.3. The lowest BCUT2D eigenvalue weighted by Crippen LogP contribution is -2.35. The first kappa shape index (κ1) is 11.8. The second-order valence-electron chi connectivity index (χ2n) is 5.31. The predicted octanol–water partition coefficient (Wildman–Crippen LogP) is 3.58. The second kappa shape index (κ2) is 5.58. The second-order valence-corrected chi connectivity index (χ2v) is 6.58. The lowest BCUT2D eigenvalue weighted by molar-refractivity contribution is 0.389. The summed E-state index contributed by atoms with van der Waals surface area (Å²) in [7, 11) is 0. The maximum absolute atomic E-state index is 3.82. The maximum Gasteiger partial charge on any atom is 0.0282 e. The van der Waals surface area contributed by atoms with Crippen LogP contribution in [0.3, 0.4) is 0 Å². The molecule has 2 heteroatoms. The van der Waals surface area contributed by atoms with E-state index >= 15 is 0 Å². The van der Waals surface area contributed by atoms with Crippen molar-refractivity contribution in [2.24, 2.45) is 0 Å². The van der Waals surface area contributed by atoms with Crippen LogP contribution in [0.5, 0.6) is 0 Å². The van der Waals surface area contributed by atoms with E-state index in [1.165, 1.54) is 64.3 Å². The highest BCUT2D eigenvalue weighted by Gasteiger charge is 2.41. The molecule has 2 aliphatic rings. The summed E-state index contributed by atoms with van der Waals surface area (Å²) in [4.78, 5) is 0. The highest BCUT2D eigenvalue weighted by atomic mass is 32.2. The predicted molar refractivity (Wildman–Crippen MR) is 69.6 cm³/mol. The number of hydrogen-bond acceptors (Lipinski definition) is 2. The van der Waals surface area contributed by atoms with E-state index in [2.05, 4.69) is 23.3 Å². The molecule has 2 rings (SSSR count). The van der Waals surface area contributed by atoms with Crippen molar-refractivity contribution in [1.82, 2.24) is 5.32 Å². The minimum atomic E-state index is 0.641. The first-order valence-electron chi connectivity index (χ1n) is 6.63. The quantitative estimate of drug-likeness (QED) is 0.788. The third kappa shape index (κ3) is 3.67. The Kier molecular flexibility index (Phi) is 4.39. The van der Waals surface area contributed by atoms with E-state index in [9.17, 15) is 0 Å². The highest BCUT2D eigenvalue weighted by molar-refractivity contribution is 8.00. The minimum absolute atomic E-state index is 0.641. The van der Waals surface area contributed by atoms with Gasteiger partial charge in [0.25, 0.3) is 0 Å². The summed E-state index contributed by atoms with van der Waals surface area (Å²) in [6, 6.07) is 0.829. The van der Waals surface area contributed by atoms with Crippen LogP contribution >= 0.6 is 11.8 Å². The third-order valence-electron chi connectivity index (χ3n) is 4.06. The van der Waals surface area contributed by atoms with Crippen molar-refractivity contribution in [2.45, 2.75) is 68.6 Å². The van der Waals surface area contributed by atoms with Crippen molar-refractivity contribution < 1.29 is 0 Å². The summed E-state index contributed by atoms with van der Waals surface area (Å²) in [5.41, 5.74) is 0. The van der Waals surface area contributed by atoms with Gasteiger partial charge in [0, 0.05) is 17.3 Å². The van der Waals surface area contributed by atoms with Gasteiger partial charge in [-0.25, -0.2) is 0 Å². The number of thioether (sulfide) groups is 1. The molecular weight excluding hydrogens is 202 g/mol. The average molecular weight is 227 g/mol. The smallest absolute Gasteiger partial charge is 0.0282 e. The van der Waals surface area contributed by atoms with Crippen molar-refractivity contribution in [2.75, 3.05) is 12.8 Å². The van der Waals surface area contributed by atoms with Crippen LogP contribution in [0.1, 0.15) is 57.8 Å². The average Bonchev–Trinajstić information content (AvgIpc) is 2.97. The van der Waals surface area contributed by atoms with E-state index in [0.29, 0.717) is 4.75 Å². The Balaban J connectivity index is 1.68. The molecule has 0 atom stereocenters. The molecule has 2 saturated carbocycles. The molecule has 0 unspecified atom stereocenters. The van der Waals surface area contributed by atoms with E-state index in [0.717, 1.165) is 6.04 Å². The summed E-state index contributed by atoms with van der Waals surface area (Å²) in [5.74, 6) is 0. The standard InChI is InChI=1S/C13H25NS/c1-15-13(9-10-13)11-14-12-7-5-3-2-4-6-8-12/h12,14H,2-11H2,1H3. The van der Waals surface area contributed by atoms with Gasteiger partial charge in [0.2, 0.25) is 0 Å². The fourth-order valence-corrected chi connectivity index (χ4v) is 3.32. The summed E-state index contributed by atoms with van der Waals surface area (Å²) >= 11 is 2.07. The van der Waals surface area contributed by atoms with Gasteiger partial charge in [-0.05, 0) is 31.9 Å². The van der Waals surface area contributed by atoms with E-state index < -0.39 is 0 Å². The Hall–Kier alpha value is 0.310. The Morgan fingerprint density at radius 2 is 1.67 bits per heavy atom. The van der Waals surface area contributed by atoms with Crippen LogP contribution in [-0.2, 0) is 0 Å². The molecular formula is C13H25NS. The van der Waals surface area contributed by atoms with Crippen LogP contribution in [0.2, 0.25) is 0 Å². The fraction of sp³-hybridized carbons (Fsp3) is 1.00. The number of nitrogens with one attached hydrogen (secondary N) is 1. The van der Waals surface area contributed by atoms with E-state index in [1.807, 2.05) is 0 Å². The van der Waals surface area contributed by atoms with Crippen LogP contribution in [0.25, 0.3) is 0 Å². The maximum atomic E-state index is 3.82. The number of hydrogen-bond donors (Lipinski definition) is 1. The zero-order valence-corrected chi connectivity index (χ0v) is 10.9. The van der Waals surface area contributed by atoms with Crippen LogP contribution in [-0.4, -0.2) is 23.6 Å². The molecule has 2 fully saturated rings. The van der Waals surface area contributed by atoms with Gasteiger partial charge in [-0.2, -0.15) is 11.8 Å². The van der Waals surface area contributed by atoms with Crippen molar-refractivity contribution in [3.8, 4) is 0 Å². The van der Waals surface area contributed by atoms with Crippen molar-refractivity contribution in [3.05, 3.63) is 0 Å². The van der Waals surface area contributed by atoms with Crippen LogP contribution in [0.15, 0.2) is 0 Å². The van der Waals surface area contributed by atoms with Gasteiger partial charge >= 0.3 is 0 Å². The van der Waals surface area contributed by atoms with Gasteiger partial charge in [-0.15, -0.1) is 0 Å². The first-order valence-corrected chi connectivity index (χ1v) is 7.86. The Morgan fingerprint density at radius 1 is 1.07 bits per heavy atom. The molecule has 0 spiro atoms. The molecule has 0 amide bonds. The van der Waals surface area contributed by atoms with Gasteiger partial charge in [0.05, 0.1) is 0 Å². The molecule has 0 aromatic carbocycles. The Bertz CT molecular complexity index is 181. The highest BCUT2D eigenvalue weighted by Crippen LogP contribution is 2.46. The lowest BCUT2D eigenvalue weighted by Gasteiger charge is -2.23. The first-order chi connectivity index (χ1) is 7.35. The molecule has 0 bridgehead atoms. The van der Waals surface area contributed by atoms with Crippen LogP contribution in [0, 0.1) is 0 Å². The van der Waals surface area contributed by atoms with E-state index in [4.69, 9.17) is 0 Å². The molecule has 2 aliphatic carbocycles. The summed E-state index contributed by atoms with van der Waals surface area (Å²) in [6.45, 7) is 1.26. The molecule has 0 aromatic rings. The normalized spacial score (nSPS) is 27.0. The minimum Gasteiger partial charge on any atom is -0.313 e. The van der Waals surface area contributed by atoms with Crippen LogP contribution < -0.4 is 5.32 Å². The monoisotopic (exact) mass is 227 g/mol. The van der Waals surface area contributed by atoms with Gasteiger partial charge in [0.15, 0.2) is 0 Å². The molecule has 15 heavy (non-hydrogen) atoms. The van der Waals surface area contributed by atoms with Gasteiger partial charge < -0.3 is 5.32 Å². The summed E-state index contributed by atoms with van der Waals surface area (Å²) < 4.78 is 0.641. The van der Waals surface area contributed by atoms with Gasteiger partial charge in [-0.3, -0.25) is 0 Å². The lowest BCUT2D eigenvalue weighted by atomic mass is 9.97. The molecule has 0 aromatic heterocycles. The van der Waals surface area contributed by atoms with Crippen LogP contribution in [0.4, 0.5) is 0 Å². The van der Waals surface area contributed by atoms with E-state index in [-0.39, 0.29) is 0 Å². The molecule has 0 aliphatic heterocycles. The zero-order chi connectivity index (χ0) is 10.6. The number of rotatable bonds is 4. The van der Waals surface area contributed by atoms with Crippen molar-refractivity contribution in [3.63, 3.8) is 0 Å². The largest absolute Gasteiger partial charge is 0.313 e. The van der Waals surface area contributed by atoms with E-state index in [1.54, 1.807) is 0 Å². The molecule has 0 heterocycles. The molecule has 0 saturated heterocycles. The Morgan fingerprint density at radius 3 is 2.20 bits per heavy atom. The zero-order valence-electron chi connectivity index (χ0n) is 10.1. The van der Waals surface area contributed by atoms with Crippen molar-refractivity contribution in [1.29, 1.82) is 0 Å². The van der Waals surface area contributed by atoms with Gasteiger partial charge in [-0.1, -0.05) is 32.1 Å². The van der Waals surface area contributed by atoms with Gasteiger partial charge in [0.1, 0.15) is 0 Å². The Labute approximate surface area is 98.8 Å². The summed E-state index contributed by atoms with van der Waals surface area (Å²) in [5, 5.41) is 3.82. The SMILES string of the molecule is CSC1(CNC2CCCCCCC2)CC1. The molecule has 88 valence electrons. The fourth-order valence-electron chi connectivity index (χ4n) is 2.58. The van der Waals surface area contributed by atoms with Crippen molar-refractivity contribution >= 4 is 11.8 Å². The topological polar surface area (TPSA) is 12.0 Å². The molecule has 1 N–H and O–H groups in total.